The summed E-state index contributed by atoms with van der Waals surface area (Å²) in [4.78, 5) is 16.6. The number of fused-ring (bicyclic) bond motifs is 1. The smallest absolute Gasteiger partial charge is 0.227 e. The Morgan fingerprint density at radius 2 is 2.00 bits per heavy atom. The molecule has 0 bridgehead atoms. The number of hydrogen-bond acceptors (Lipinski definition) is 3. The summed E-state index contributed by atoms with van der Waals surface area (Å²) >= 11 is 0. The lowest BCUT2D eigenvalue weighted by Crippen LogP contribution is -3.13. The Balaban J connectivity index is 1.31. The van der Waals surface area contributed by atoms with Crippen LogP contribution in [0.25, 0.3) is 0 Å². The Kier molecular flexibility index (Phi) is 6.14. The van der Waals surface area contributed by atoms with Gasteiger partial charge in [-0.3, -0.25) is 9.48 Å². The lowest BCUT2D eigenvalue weighted by atomic mass is 10.1. The summed E-state index contributed by atoms with van der Waals surface area (Å²) < 4.78 is 7.67. The number of hydrogen-bond donors (Lipinski definition) is 1. The van der Waals surface area contributed by atoms with Gasteiger partial charge in [-0.25, -0.2) is 0 Å². The maximum Gasteiger partial charge on any atom is 0.227 e. The zero-order valence-corrected chi connectivity index (χ0v) is 18.8. The number of piperazine rings is 1. The highest BCUT2D eigenvalue weighted by Crippen LogP contribution is 2.25. The second kappa shape index (κ2) is 8.80. The van der Waals surface area contributed by atoms with Crippen molar-refractivity contribution < 1.29 is 14.4 Å². The van der Waals surface area contributed by atoms with E-state index in [-0.39, 0.29) is 5.91 Å². The van der Waals surface area contributed by atoms with E-state index in [1.165, 1.54) is 11.1 Å². The number of rotatable bonds is 6. The van der Waals surface area contributed by atoms with E-state index in [1.807, 2.05) is 11.8 Å². The van der Waals surface area contributed by atoms with Crippen LogP contribution in [0, 0.1) is 19.8 Å². The fraction of sp³-hybridized carbons (Fsp3) is 0.583. The molecule has 1 aromatic heterocycles. The number of carbonyl (C=O) groups excluding carboxylic acids is 1. The van der Waals surface area contributed by atoms with Crippen molar-refractivity contribution >= 4 is 5.91 Å². The van der Waals surface area contributed by atoms with E-state index in [1.54, 1.807) is 4.90 Å². The molecule has 6 heteroatoms. The number of ether oxygens (including phenoxy) is 1. The van der Waals surface area contributed by atoms with Crippen LogP contribution in [-0.2, 0) is 30.7 Å². The minimum absolute atomic E-state index is 0.235. The number of aromatic nitrogens is 2. The third-order valence-corrected chi connectivity index (χ3v) is 6.43. The summed E-state index contributed by atoms with van der Waals surface area (Å²) in [5.41, 5.74) is 5.95. The van der Waals surface area contributed by atoms with Crippen molar-refractivity contribution in [3.8, 4) is 5.75 Å². The first kappa shape index (κ1) is 20.9. The van der Waals surface area contributed by atoms with Crippen LogP contribution < -0.4 is 9.64 Å². The molecule has 6 nitrogen and oxygen atoms in total. The summed E-state index contributed by atoms with van der Waals surface area (Å²) in [6.45, 7) is 14.9. The van der Waals surface area contributed by atoms with Crippen molar-refractivity contribution in [3.05, 3.63) is 46.3 Å². The Bertz CT molecular complexity index is 910. The van der Waals surface area contributed by atoms with Gasteiger partial charge in [0.1, 0.15) is 12.3 Å². The minimum Gasteiger partial charge on any atom is -0.493 e. The molecule has 1 aromatic carbocycles. The van der Waals surface area contributed by atoms with Crippen LogP contribution in [0.1, 0.15) is 41.9 Å². The molecule has 0 atom stereocenters. The molecule has 162 valence electrons. The van der Waals surface area contributed by atoms with E-state index in [0.717, 1.165) is 75.0 Å². The molecular weight excluding hydrogens is 376 g/mol. The average molecular weight is 412 g/mol. The van der Waals surface area contributed by atoms with Crippen molar-refractivity contribution in [2.24, 2.45) is 5.92 Å². The SMILES string of the molecule is Cc1nn(CC(C)C)c(C)c1CC(=O)N1CC[NH+](Cc2ccc3c(c2)CCO3)CC1. The van der Waals surface area contributed by atoms with E-state index in [4.69, 9.17) is 4.74 Å². The van der Waals surface area contributed by atoms with Crippen LogP contribution in [0.5, 0.6) is 5.75 Å². The van der Waals surface area contributed by atoms with Gasteiger partial charge in [0.05, 0.1) is 44.9 Å². The number of nitrogens with zero attached hydrogens (tertiary/aromatic N) is 3. The van der Waals surface area contributed by atoms with Crippen molar-refractivity contribution in [1.29, 1.82) is 0 Å². The summed E-state index contributed by atoms with van der Waals surface area (Å²) in [6.07, 6.45) is 1.49. The van der Waals surface area contributed by atoms with Gasteiger partial charge in [0.25, 0.3) is 0 Å². The highest BCUT2D eigenvalue weighted by molar-refractivity contribution is 5.79. The molecule has 3 heterocycles. The van der Waals surface area contributed by atoms with E-state index < -0.39 is 0 Å². The van der Waals surface area contributed by atoms with Gasteiger partial charge in [-0.2, -0.15) is 5.10 Å². The fourth-order valence-corrected chi connectivity index (χ4v) is 4.66. The zero-order chi connectivity index (χ0) is 21.3. The molecule has 0 spiro atoms. The Hall–Kier alpha value is -2.34. The third kappa shape index (κ3) is 4.53. The Labute approximate surface area is 179 Å². The van der Waals surface area contributed by atoms with Gasteiger partial charge in [-0.15, -0.1) is 0 Å². The molecular formula is C24H35N4O2+. The van der Waals surface area contributed by atoms with Gasteiger partial charge in [-0.1, -0.05) is 13.8 Å². The first-order valence-electron chi connectivity index (χ1n) is 11.3. The van der Waals surface area contributed by atoms with Crippen LogP contribution in [0.15, 0.2) is 18.2 Å². The summed E-state index contributed by atoms with van der Waals surface area (Å²) in [5.74, 6) is 1.83. The van der Waals surface area contributed by atoms with Crippen LogP contribution >= 0.6 is 0 Å². The van der Waals surface area contributed by atoms with Gasteiger partial charge in [0.2, 0.25) is 5.91 Å². The number of quaternary nitrogens is 1. The van der Waals surface area contributed by atoms with Crippen LogP contribution in [0.4, 0.5) is 0 Å². The van der Waals surface area contributed by atoms with E-state index in [0.29, 0.717) is 12.3 Å². The molecule has 30 heavy (non-hydrogen) atoms. The maximum atomic E-state index is 13.0. The van der Waals surface area contributed by atoms with Gasteiger partial charge in [0.15, 0.2) is 0 Å². The summed E-state index contributed by atoms with van der Waals surface area (Å²) in [7, 11) is 0. The maximum absolute atomic E-state index is 13.0. The molecule has 1 fully saturated rings. The van der Waals surface area contributed by atoms with Crippen molar-refractivity contribution in [3.63, 3.8) is 0 Å². The molecule has 0 saturated carbocycles. The highest BCUT2D eigenvalue weighted by atomic mass is 16.5. The molecule has 0 radical (unpaired) electrons. The molecule has 1 saturated heterocycles. The largest absolute Gasteiger partial charge is 0.493 e. The topological polar surface area (TPSA) is 51.8 Å². The second-order valence-electron chi connectivity index (χ2n) is 9.25. The number of carbonyl (C=O) groups is 1. The minimum atomic E-state index is 0.235. The lowest BCUT2D eigenvalue weighted by Gasteiger charge is -2.32. The molecule has 1 N–H and O–H groups in total. The van der Waals surface area contributed by atoms with Crippen molar-refractivity contribution in [2.45, 2.75) is 53.6 Å². The monoisotopic (exact) mass is 411 g/mol. The van der Waals surface area contributed by atoms with Gasteiger partial charge >= 0.3 is 0 Å². The van der Waals surface area contributed by atoms with E-state index in [2.05, 4.69) is 48.8 Å². The van der Waals surface area contributed by atoms with E-state index in [9.17, 15) is 4.79 Å². The number of amides is 1. The normalized spacial score (nSPS) is 16.8. The summed E-state index contributed by atoms with van der Waals surface area (Å²) in [5, 5.41) is 4.66. The van der Waals surface area contributed by atoms with Crippen LogP contribution in [-0.4, -0.2) is 53.4 Å². The predicted octanol–water partition coefficient (Wildman–Crippen LogP) is 1.56. The quantitative estimate of drug-likeness (QED) is 0.785. The summed E-state index contributed by atoms with van der Waals surface area (Å²) in [6, 6.07) is 6.60. The lowest BCUT2D eigenvalue weighted by molar-refractivity contribution is -0.917. The zero-order valence-electron chi connectivity index (χ0n) is 18.8. The molecule has 1 amide bonds. The fourth-order valence-electron chi connectivity index (χ4n) is 4.66. The molecule has 2 aliphatic heterocycles. The van der Waals surface area contributed by atoms with Crippen LogP contribution in [0.3, 0.4) is 0 Å². The third-order valence-electron chi connectivity index (χ3n) is 6.43. The van der Waals surface area contributed by atoms with E-state index >= 15 is 0 Å². The predicted molar refractivity (Wildman–Crippen MR) is 117 cm³/mol. The van der Waals surface area contributed by atoms with Crippen molar-refractivity contribution in [2.75, 3.05) is 32.8 Å². The number of aryl methyl sites for hydroxylation is 1. The Morgan fingerprint density at radius 1 is 1.23 bits per heavy atom. The average Bonchev–Trinajstić information content (AvgIpc) is 3.28. The number of benzene rings is 1. The first-order chi connectivity index (χ1) is 14.4. The highest BCUT2D eigenvalue weighted by Gasteiger charge is 2.26. The second-order valence-corrected chi connectivity index (χ2v) is 9.25. The van der Waals surface area contributed by atoms with Gasteiger partial charge in [0, 0.05) is 29.8 Å². The van der Waals surface area contributed by atoms with Gasteiger partial charge < -0.3 is 14.5 Å². The van der Waals surface area contributed by atoms with Gasteiger partial charge in [-0.05, 0) is 43.5 Å². The molecule has 0 unspecified atom stereocenters. The van der Waals surface area contributed by atoms with Crippen molar-refractivity contribution in [1.82, 2.24) is 14.7 Å². The van der Waals surface area contributed by atoms with Crippen LogP contribution in [0.2, 0.25) is 0 Å². The molecule has 4 rings (SSSR count). The number of nitrogens with one attached hydrogen (secondary N) is 1. The molecule has 0 aliphatic carbocycles. The standard InChI is InChI=1S/C24H34N4O2/c1-17(2)15-28-19(4)22(18(3)25-28)14-24(29)27-10-8-26(9-11-27)16-20-5-6-23-21(13-20)7-12-30-23/h5-6,13,17H,7-12,14-16H2,1-4H3/p+1. The Morgan fingerprint density at radius 3 is 2.73 bits per heavy atom. The molecule has 2 aromatic rings. The molecule has 2 aliphatic rings. The first-order valence-corrected chi connectivity index (χ1v) is 11.3.